The van der Waals surface area contributed by atoms with E-state index in [1.807, 2.05) is 30.3 Å². The molecule has 30 heavy (non-hydrogen) atoms. The van der Waals surface area contributed by atoms with E-state index in [0.717, 1.165) is 43.4 Å². The Kier molecular flexibility index (Phi) is 5.53. The molecular weight excluding hydrogens is 378 g/mol. The van der Waals surface area contributed by atoms with Crippen LogP contribution in [0.2, 0.25) is 0 Å². The predicted molar refractivity (Wildman–Crippen MR) is 114 cm³/mol. The van der Waals surface area contributed by atoms with Gasteiger partial charge >= 0.3 is 6.09 Å². The van der Waals surface area contributed by atoms with Crippen LogP contribution in [-0.4, -0.2) is 38.2 Å². The predicted octanol–water partition coefficient (Wildman–Crippen LogP) is 4.57. The average molecular weight is 406 g/mol. The number of hydrogen-bond donors (Lipinski definition) is 0. The minimum atomic E-state index is -0.621. The summed E-state index contributed by atoms with van der Waals surface area (Å²) in [6.45, 7) is 4.14. The minimum absolute atomic E-state index is 0.404. The average Bonchev–Trinajstić information content (AvgIpc) is 3.26. The van der Waals surface area contributed by atoms with Gasteiger partial charge in [0.15, 0.2) is 5.82 Å². The van der Waals surface area contributed by atoms with Crippen molar-refractivity contribution in [3.8, 4) is 11.4 Å². The van der Waals surface area contributed by atoms with Gasteiger partial charge in [-0.2, -0.15) is 4.68 Å². The number of amides is 1. The van der Waals surface area contributed by atoms with Crippen LogP contribution >= 0.6 is 0 Å². The van der Waals surface area contributed by atoms with Gasteiger partial charge < -0.3 is 4.74 Å². The van der Waals surface area contributed by atoms with Crippen molar-refractivity contribution in [3.63, 3.8) is 0 Å². The summed E-state index contributed by atoms with van der Waals surface area (Å²) < 4.78 is 7.44. The number of carbonyl (C=O) groups is 1. The van der Waals surface area contributed by atoms with Gasteiger partial charge in [0.1, 0.15) is 11.3 Å². The molecule has 4 rings (SSSR count). The van der Waals surface area contributed by atoms with E-state index in [0.29, 0.717) is 11.6 Å². The molecule has 0 unspecified atom stereocenters. The highest BCUT2D eigenvalue weighted by molar-refractivity contribution is 5.71. The molecule has 0 atom stereocenters. The number of carbonyl (C=O) groups excluding carboxylic acids is 1. The molecule has 3 aromatic rings. The zero-order valence-corrected chi connectivity index (χ0v) is 17.7. The Morgan fingerprint density at radius 1 is 1.03 bits per heavy atom. The first-order valence-electron chi connectivity index (χ1n) is 10.4. The molecule has 7 heteroatoms. The van der Waals surface area contributed by atoms with Gasteiger partial charge in [-0.15, -0.1) is 5.10 Å². The number of para-hydroxylation sites is 1. The Hall–Kier alpha value is -3.22. The summed E-state index contributed by atoms with van der Waals surface area (Å²) in [7, 11) is 1.79. The Balaban J connectivity index is 1.74. The maximum atomic E-state index is 13.1. The third-order valence-corrected chi connectivity index (χ3v) is 6.23. The van der Waals surface area contributed by atoms with Gasteiger partial charge in [-0.1, -0.05) is 49.6 Å². The monoisotopic (exact) mass is 405 g/mol. The number of rotatable bonds is 4. The quantitative estimate of drug-likeness (QED) is 0.636. The van der Waals surface area contributed by atoms with Crippen molar-refractivity contribution in [2.45, 2.75) is 51.5 Å². The second-order valence-electron chi connectivity index (χ2n) is 7.97. The Morgan fingerprint density at radius 2 is 1.77 bits per heavy atom. The van der Waals surface area contributed by atoms with Crippen molar-refractivity contribution < 1.29 is 9.53 Å². The second kappa shape index (κ2) is 8.26. The van der Waals surface area contributed by atoms with Crippen LogP contribution in [0.5, 0.6) is 5.75 Å². The molecule has 0 aliphatic heterocycles. The maximum Gasteiger partial charge on any atom is 0.415 e. The number of ether oxygens (including phenoxy) is 1. The largest absolute Gasteiger partial charge is 0.415 e. The van der Waals surface area contributed by atoms with Crippen molar-refractivity contribution in [1.82, 2.24) is 25.1 Å². The second-order valence-corrected chi connectivity index (χ2v) is 7.97. The summed E-state index contributed by atoms with van der Waals surface area (Å²) in [5, 5.41) is 12.7. The molecule has 1 saturated carbocycles. The molecule has 0 saturated heterocycles. The Bertz CT molecular complexity index is 1030. The van der Waals surface area contributed by atoms with Crippen molar-refractivity contribution in [2.24, 2.45) is 0 Å². The van der Waals surface area contributed by atoms with Gasteiger partial charge in [-0.05, 0) is 66.4 Å². The third-order valence-electron chi connectivity index (χ3n) is 6.23. The van der Waals surface area contributed by atoms with E-state index in [2.05, 4.69) is 35.4 Å². The zero-order chi connectivity index (χ0) is 21.1. The molecular formula is C23H27N5O2. The van der Waals surface area contributed by atoms with E-state index in [-0.39, 0.29) is 0 Å². The van der Waals surface area contributed by atoms with E-state index in [4.69, 9.17) is 4.74 Å². The van der Waals surface area contributed by atoms with E-state index >= 15 is 0 Å². The van der Waals surface area contributed by atoms with Crippen LogP contribution in [0.25, 0.3) is 5.69 Å². The lowest BCUT2D eigenvalue weighted by molar-refractivity contribution is 0.0622. The topological polar surface area (TPSA) is 73.1 Å². The zero-order valence-electron chi connectivity index (χ0n) is 17.7. The Labute approximate surface area is 176 Å². The number of tetrazole rings is 1. The number of hydrogen-bond acceptors (Lipinski definition) is 5. The number of nitrogens with zero attached hydrogens (tertiary/aromatic N) is 5. The van der Waals surface area contributed by atoms with Gasteiger partial charge in [-0.3, -0.25) is 4.90 Å². The van der Waals surface area contributed by atoms with E-state index in [1.54, 1.807) is 28.8 Å². The molecule has 1 aliphatic carbocycles. The molecule has 0 N–H and O–H groups in total. The molecule has 1 fully saturated rings. The summed E-state index contributed by atoms with van der Waals surface area (Å²) >= 11 is 0. The highest BCUT2D eigenvalue weighted by atomic mass is 16.6. The SMILES string of the molecule is Cc1cccc(-n2nnnc2C2(N(C)C(=O)Oc3ccccc3)CCCCC2)c1C. The van der Waals surface area contributed by atoms with Gasteiger partial charge in [0.25, 0.3) is 0 Å². The molecule has 0 spiro atoms. The number of benzene rings is 2. The fraction of sp³-hybridized carbons (Fsp3) is 0.391. The molecule has 2 aromatic carbocycles. The van der Waals surface area contributed by atoms with Crippen LogP contribution in [0.3, 0.4) is 0 Å². The molecule has 7 nitrogen and oxygen atoms in total. The van der Waals surface area contributed by atoms with E-state index in [1.165, 1.54) is 5.56 Å². The first kappa shape index (κ1) is 20.1. The lowest BCUT2D eigenvalue weighted by atomic mass is 9.79. The van der Waals surface area contributed by atoms with Crippen molar-refractivity contribution >= 4 is 6.09 Å². The van der Waals surface area contributed by atoms with Crippen LogP contribution in [0.4, 0.5) is 4.79 Å². The molecule has 1 heterocycles. The fourth-order valence-corrected chi connectivity index (χ4v) is 4.28. The van der Waals surface area contributed by atoms with Crippen molar-refractivity contribution in [1.29, 1.82) is 0 Å². The van der Waals surface area contributed by atoms with Crippen molar-refractivity contribution in [3.05, 3.63) is 65.5 Å². The highest BCUT2D eigenvalue weighted by Crippen LogP contribution is 2.41. The number of aromatic nitrogens is 4. The van der Waals surface area contributed by atoms with Gasteiger partial charge in [0, 0.05) is 7.05 Å². The summed E-state index contributed by atoms with van der Waals surface area (Å²) in [6, 6.07) is 15.2. The van der Waals surface area contributed by atoms with Gasteiger partial charge in [-0.25, -0.2) is 4.79 Å². The third kappa shape index (κ3) is 3.56. The van der Waals surface area contributed by atoms with Crippen LogP contribution < -0.4 is 4.74 Å². The molecule has 0 radical (unpaired) electrons. The molecule has 0 bridgehead atoms. The molecule has 1 aliphatic rings. The maximum absolute atomic E-state index is 13.1. The van der Waals surface area contributed by atoms with Crippen molar-refractivity contribution in [2.75, 3.05) is 7.05 Å². The van der Waals surface area contributed by atoms with Gasteiger partial charge in [0.2, 0.25) is 0 Å². The number of aryl methyl sites for hydroxylation is 1. The lowest BCUT2D eigenvalue weighted by Gasteiger charge is -2.42. The highest BCUT2D eigenvalue weighted by Gasteiger charge is 2.45. The smallest absolute Gasteiger partial charge is 0.410 e. The van der Waals surface area contributed by atoms with E-state index < -0.39 is 11.6 Å². The Morgan fingerprint density at radius 3 is 2.50 bits per heavy atom. The molecule has 1 amide bonds. The van der Waals surface area contributed by atoms with Crippen LogP contribution in [0, 0.1) is 13.8 Å². The lowest BCUT2D eigenvalue weighted by Crippen LogP contribution is -2.51. The van der Waals surface area contributed by atoms with Crippen LogP contribution in [-0.2, 0) is 5.54 Å². The normalized spacial score (nSPS) is 15.6. The molecule has 156 valence electrons. The van der Waals surface area contributed by atoms with Crippen LogP contribution in [0.1, 0.15) is 49.1 Å². The summed E-state index contributed by atoms with van der Waals surface area (Å²) in [6.07, 6.45) is 4.32. The summed E-state index contributed by atoms with van der Waals surface area (Å²) in [4.78, 5) is 14.8. The van der Waals surface area contributed by atoms with Gasteiger partial charge in [0.05, 0.1) is 5.69 Å². The first-order valence-corrected chi connectivity index (χ1v) is 10.4. The summed E-state index contributed by atoms with van der Waals surface area (Å²) in [5.41, 5.74) is 2.60. The fourth-order valence-electron chi connectivity index (χ4n) is 4.28. The first-order chi connectivity index (χ1) is 14.5. The molecule has 1 aromatic heterocycles. The minimum Gasteiger partial charge on any atom is -0.410 e. The van der Waals surface area contributed by atoms with E-state index in [9.17, 15) is 4.79 Å². The standard InChI is InChI=1S/C23H27N5O2/c1-17-11-10-14-20(18(17)2)28-21(24-25-26-28)23(15-8-5-9-16-23)27(3)22(29)30-19-12-6-4-7-13-19/h4,6-7,10-14H,5,8-9,15-16H2,1-3H3. The summed E-state index contributed by atoms with van der Waals surface area (Å²) in [5.74, 6) is 1.21. The van der Waals surface area contributed by atoms with Crippen LogP contribution in [0.15, 0.2) is 48.5 Å².